The molecule has 1 aromatic rings. The van der Waals surface area contributed by atoms with E-state index < -0.39 is 0 Å². The van der Waals surface area contributed by atoms with Crippen LogP contribution in [-0.4, -0.2) is 10.9 Å². The van der Waals surface area contributed by atoms with Gasteiger partial charge >= 0.3 is 0 Å². The first kappa shape index (κ1) is 8.53. The highest BCUT2D eigenvalue weighted by atomic mass is 79.9. The summed E-state index contributed by atoms with van der Waals surface area (Å²) in [5.74, 6) is 0. The summed E-state index contributed by atoms with van der Waals surface area (Å²) in [6, 6.07) is 0. The summed E-state index contributed by atoms with van der Waals surface area (Å²) >= 11 is 3.36. The smallest absolute Gasteiger partial charge is 0.153 e. The second-order valence-electron chi connectivity index (χ2n) is 2.58. The van der Waals surface area contributed by atoms with E-state index in [4.69, 9.17) is 0 Å². The maximum atomic E-state index is 10.6. The summed E-state index contributed by atoms with van der Waals surface area (Å²) in [7, 11) is 1.95. The van der Waals surface area contributed by atoms with Crippen molar-refractivity contribution in [1.82, 2.24) is 4.57 Å². The van der Waals surface area contributed by atoms with E-state index in [0.717, 1.165) is 27.7 Å². The topological polar surface area (TPSA) is 22.0 Å². The molecule has 0 unspecified atom stereocenters. The summed E-state index contributed by atoms with van der Waals surface area (Å²) in [5, 5.41) is 0. The van der Waals surface area contributed by atoms with E-state index in [-0.39, 0.29) is 0 Å². The zero-order valence-electron chi connectivity index (χ0n) is 6.81. The molecule has 0 atom stereocenters. The van der Waals surface area contributed by atoms with Crippen molar-refractivity contribution < 1.29 is 4.79 Å². The highest BCUT2D eigenvalue weighted by Crippen LogP contribution is 2.24. The highest BCUT2D eigenvalue weighted by Gasteiger charge is 2.11. The molecule has 3 heteroatoms. The van der Waals surface area contributed by atoms with Gasteiger partial charge in [-0.05, 0) is 29.8 Å². The van der Waals surface area contributed by atoms with Gasteiger partial charge in [0.1, 0.15) is 0 Å². The third-order valence-electron chi connectivity index (χ3n) is 2.07. The summed E-state index contributed by atoms with van der Waals surface area (Å²) in [5.41, 5.74) is 2.85. The molecule has 1 aromatic heterocycles. The van der Waals surface area contributed by atoms with Crippen LogP contribution in [0.1, 0.15) is 21.7 Å². The molecule has 0 bridgehead atoms. The van der Waals surface area contributed by atoms with Crippen molar-refractivity contribution in [2.75, 3.05) is 0 Å². The van der Waals surface area contributed by atoms with E-state index >= 15 is 0 Å². The molecule has 0 N–H and O–H groups in total. The molecule has 0 aromatic carbocycles. The lowest BCUT2D eigenvalue weighted by molar-refractivity contribution is 0.112. The van der Waals surface area contributed by atoms with Gasteiger partial charge in [0, 0.05) is 28.5 Å². The highest BCUT2D eigenvalue weighted by molar-refractivity contribution is 9.10. The van der Waals surface area contributed by atoms with Gasteiger partial charge in [-0.25, -0.2) is 0 Å². The number of carbonyl (C=O) groups is 1. The minimum absolute atomic E-state index is 0.755. The number of halogens is 1. The Bertz CT molecular complexity index is 276. The molecular formula is C8H10BrNO. The lowest BCUT2D eigenvalue weighted by Gasteiger charge is -1.97. The first-order valence-electron chi connectivity index (χ1n) is 3.36. The van der Waals surface area contributed by atoms with Gasteiger partial charge in [-0.3, -0.25) is 4.79 Å². The second-order valence-corrected chi connectivity index (χ2v) is 3.37. The fraction of sp³-hybridized carbons (Fsp3) is 0.375. The zero-order valence-corrected chi connectivity index (χ0v) is 8.40. The number of carbonyl (C=O) groups excluding carboxylic acids is 1. The number of aldehydes is 1. The van der Waals surface area contributed by atoms with Gasteiger partial charge in [0.05, 0.1) is 0 Å². The lowest BCUT2D eigenvalue weighted by Crippen LogP contribution is -1.93. The Balaban J connectivity index is 3.47. The van der Waals surface area contributed by atoms with Crippen LogP contribution in [0, 0.1) is 13.8 Å². The lowest BCUT2D eigenvalue weighted by atomic mass is 10.3. The Hall–Kier alpha value is -0.570. The summed E-state index contributed by atoms with van der Waals surface area (Å²) < 4.78 is 2.90. The summed E-state index contributed by atoms with van der Waals surface area (Å²) in [4.78, 5) is 10.6. The van der Waals surface area contributed by atoms with Crippen LogP contribution in [-0.2, 0) is 7.05 Å². The molecule has 0 radical (unpaired) electrons. The zero-order chi connectivity index (χ0) is 8.59. The fourth-order valence-electron chi connectivity index (χ4n) is 1.07. The second kappa shape index (κ2) is 2.81. The third-order valence-corrected chi connectivity index (χ3v) is 3.07. The van der Waals surface area contributed by atoms with Gasteiger partial charge in [-0.15, -0.1) is 0 Å². The van der Waals surface area contributed by atoms with Crippen molar-refractivity contribution in [2.45, 2.75) is 13.8 Å². The van der Waals surface area contributed by atoms with Crippen molar-refractivity contribution in [1.29, 1.82) is 0 Å². The van der Waals surface area contributed by atoms with Crippen LogP contribution >= 0.6 is 15.9 Å². The van der Waals surface area contributed by atoms with Crippen LogP contribution in [0.15, 0.2) is 4.47 Å². The van der Waals surface area contributed by atoms with Gasteiger partial charge < -0.3 is 4.57 Å². The Morgan fingerprint density at radius 2 is 1.91 bits per heavy atom. The van der Waals surface area contributed by atoms with E-state index in [1.165, 1.54) is 0 Å². The van der Waals surface area contributed by atoms with Gasteiger partial charge in [-0.2, -0.15) is 0 Å². The fourth-order valence-corrected chi connectivity index (χ4v) is 1.72. The van der Waals surface area contributed by atoms with Crippen LogP contribution in [0.25, 0.3) is 0 Å². The molecule has 0 aliphatic rings. The molecule has 0 saturated heterocycles. The maximum Gasteiger partial charge on any atom is 0.153 e. The molecule has 0 aliphatic heterocycles. The molecule has 1 rings (SSSR count). The van der Waals surface area contributed by atoms with Crippen LogP contribution in [0.2, 0.25) is 0 Å². The standard InChI is InChI=1S/C8H10BrNO/c1-5-7(4-11)8(9)6(2)10(5)3/h4H,1-3H3. The molecular weight excluding hydrogens is 206 g/mol. The maximum absolute atomic E-state index is 10.6. The predicted octanol–water partition coefficient (Wildman–Crippen LogP) is 2.22. The van der Waals surface area contributed by atoms with Gasteiger partial charge in [-0.1, -0.05) is 0 Å². The van der Waals surface area contributed by atoms with E-state index in [0.29, 0.717) is 0 Å². The quantitative estimate of drug-likeness (QED) is 0.659. The number of nitrogens with zero attached hydrogens (tertiary/aromatic N) is 1. The van der Waals surface area contributed by atoms with Gasteiger partial charge in [0.25, 0.3) is 0 Å². The average Bonchev–Trinajstić information content (AvgIpc) is 2.17. The monoisotopic (exact) mass is 215 g/mol. The Labute approximate surface area is 74.3 Å². The molecule has 0 saturated carbocycles. The van der Waals surface area contributed by atoms with Crippen LogP contribution in [0.4, 0.5) is 0 Å². The summed E-state index contributed by atoms with van der Waals surface area (Å²) in [6.45, 7) is 3.91. The Morgan fingerprint density at radius 1 is 1.36 bits per heavy atom. The molecule has 0 fully saturated rings. The summed E-state index contributed by atoms with van der Waals surface area (Å²) in [6.07, 6.45) is 0.881. The minimum atomic E-state index is 0.755. The van der Waals surface area contributed by atoms with E-state index in [1.807, 2.05) is 25.5 Å². The molecule has 0 spiro atoms. The number of hydrogen-bond acceptors (Lipinski definition) is 1. The minimum Gasteiger partial charge on any atom is -0.350 e. The Morgan fingerprint density at radius 3 is 2.09 bits per heavy atom. The van der Waals surface area contributed by atoms with Crippen molar-refractivity contribution in [3.63, 3.8) is 0 Å². The average molecular weight is 216 g/mol. The van der Waals surface area contributed by atoms with Gasteiger partial charge in [0.2, 0.25) is 0 Å². The Kier molecular flexibility index (Phi) is 2.18. The number of hydrogen-bond donors (Lipinski definition) is 0. The largest absolute Gasteiger partial charge is 0.350 e. The van der Waals surface area contributed by atoms with Crippen molar-refractivity contribution in [3.8, 4) is 0 Å². The van der Waals surface area contributed by atoms with Crippen LogP contribution < -0.4 is 0 Å². The van der Waals surface area contributed by atoms with E-state index in [2.05, 4.69) is 15.9 Å². The van der Waals surface area contributed by atoms with Crippen LogP contribution in [0.3, 0.4) is 0 Å². The first-order chi connectivity index (χ1) is 5.09. The molecule has 11 heavy (non-hydrogen) atoms. The SMILES string of the molecule is Cc1c(Br)c(C=O)c(C)n1C. The predicted molar refractivity (Wildman–Crippen MR) is 48.0 cm³/mol. The molecule has 1 heterocycles. The van der Waals surface area contributed by atoms with Crippen LogP contribution in [0.5, 0.6) is 0 Å². The number of aromatic nitrogens is 1. The van der Waals surface area contributed by atoms with Gasteiger partial charge in [0.15, 0.2) is 6.29 Å². The van der Waals surface area contributed by atoms with Crippen molar-refractivity contribution in [3.05, 3.63) is 21.4 Å². The normalized spacial score (nSPS) is 10.2. The number of rotatable bonds is 1. The van der Waals surface area contributed by atoms with E-state index in [1.54, 1.807) is 0 Å². The third kappa shape index (κ3) is 1.13. The molecule has 0 amide bonds. The van der Waals surface area contributed by atoms with Crippen molar-refractivity contribution in [2.24, 2.45) is 7.05 Å². The molecule has 60 valence electrons. The molecule has 0 aliphatic carbocycles. The first-order valence-corrected chi connectivity index (χ1v) is 4.15. The van der Waals surface area contributed by atoms with Crippen molar-refractivity contribution >= 4 is 22.2 Å². The van der Waals surface area contributed by atoms with E-state index in [9.17, 15) is 4.79 Å². The molecule has 2 nitrogen and oxygen atoms in total.